The van der Waals surface area contributed by atoms with Crippen LogP contribution in [0.15, 0.2) is 0 Å². The first-order valence-electron chi connectivity index (χ1n) is 33.1. The summed E-state index contributed by atoms with van der Waals surface area (Å²) in [4.78, 5) is 168. The molecule has 3 unspecified atom stereocenters. The van der Waals surface area contributed by atoms with Crippen LogP contribution in [0.4, 0.5) is 13.2 Å². The third-order valence-corrected chi connectivity index (χ3v) is 21.2. The molecule has 1 spiro atoms. The van der Waals surface area contributed by atoms with Gasteiger partial charge in [0.1, 0.15) is 41.8 Å². The Morgan fingerprint density at radius 2 is 1.21 bits per heavy atom. The lowest BCUT2D eigenvalue weighted by Crippen LogP contribution is -2.64. The predicted octanol–water partition coefficient (Wildman–Crippen LogP) is 5.12. The van der Waals surface area contributed by atoms with E-state index in [-0.39, 0.29) is 88.5 Å². The Balaban J connectivity index is 1.34. The maximum absolute atomic E-state index is 15.2. The van der Waals surface area contributed by atoms with Gasteiger partial charge >= 0.3 is 6.18 Å². The number of carbonyl (C=O) groups is 11. The zero-order chi connectivity index (χ0) is 66.5. The molecule has 0 aromatic carbocycles. The molecule has 22 nitrogen and oxygen atoms in total. The first-order valence-corrected chi connectivity index (χ1v) is 33.6. The highest BCUT2D eigenvalue weighted by Crippen LogP contribution is 2.44. The summed E-state index contributed by atoms with van der Waals surface area (Å²) in [6, 6.07) is -7.46. The van der Waals surface area contributed by atoms with Crippen molar-refractivity contribution in [3.05, 3.63) is 0 Å². The monoisotopic (exact) mass is 1290 g/mol. The molecule has 6 rings (SSSR count). The minimum atomic E-state index is -4.49. The summed E-state index contributed by atoms with van der Waals surface area (Å²) in [6.07, 6.45) is 6.71. The molecule has 0 aromatic rings. The Morgan fingerprint density at radius 3 is 1.82 bits per heavy atom. The molecule has 0 radical (unpaired) electrons. The maximum Gasteiger partial charge on any atom is 0.393 e. The lowest BCUT2D eigenvalue weighted by Gasteiger charge is -2.41. The third kappa shape index (κ3) is 18.7. The van der Waals surface area contributed by atoms with Gasteiger partial charge in [-0.15, -0.1) is 11.6 Å². The Kier molecular flexibility index (Phi) is 26.6. The van der Waals surface area contributed by atoms with E-state index in [0.717, 1.165) is 61.2 Å². The molecule has 4 aliphatic carbocycles. The Morgan fingerprint density at radius 1 is 0.600 bits per heavy atom. The standard InChI is InChI=1S/C64H103ClF3N11O11/c1-11-39(2)54-61(89)75(7)37-52(82)73(5)38-53(83)77(9)49(35-42-21-14-12-15-22-42)60(88)74(6)36-50(80)70-47(29-27-43-26-28-45(46(65)34-43)64(66,67)68)59(87)79-32-20-25-48(79)57(85)72-63(30-18-19-31-63)62(90)78(10)55(44-23-16-13-17-24-44)58(86)69-40(3)33-51(81)76(8)41(4)56(84)71-54/h39-49,54-55H,11-38H2,1-10H3,(H,69,86)(H,70,80)(H,71,84)(H,72,85)/t39-,40+,41-,43?,45?,46?,47-,48-,49-,54-,55-/m0/s1. The number of amides is 11. The van der Waals surface area contributed by atoms with E-state index in [1.54, 1.807) is 20.9 Å². The molecule has 2 heterocycles. The molecule has 11 atom stereocenters. The summed E-state index contributed by atoms with van der Waals surface area (Å²) in [7, 11) is 8.65. The van der Waals surface area contributed by atoms with Gasteiger partial charge in [0, 0.05) is 66.7 Å². The molecule has 4 N–H and O–H groups in total. The van der Waals surface area contributed by atoms with E-state index in [9.17, 15) is 56.3 Å². The third-order valence-electron chi connectivity index (χ3n) is 20.7. The van der Waals surface area contributed by atoms with Crippen LogP contribution in [0.25, 0.3) is 0 Å². The van der Waals surface area contributed by atoms with E-state index in [1.165, 1.54) is 66.7 Å². The summed E-state index contributed by atoms with van der Waals surface area (Å²) >= 11 is 6.37. The quantitative estimate of drug-likeness (QED) is 0.232. The van der Waals surface area contributed by atoms with Crippen molar-refractivity contribution >= 4 is 76.6 Å². The van der Waals surface area contributed by atoms with Gasteiger partial charge in [-0.05, 0) is 115 Å². The highest BCUT2D eigenvalue weighted by molar-refractivity contribution is 6.20. The molecule has 90 heavy (non-hydrogen) atoms. The first-order chi connectivity index (χ1) is 42.4. The van der Waals surface area contributed by atoms with Crippen molar-refractivity contribution in [2.75, 3.05) is 68.5 Å². The second-order valence-electron chi connectivity index (χ2n) is 27.3. The van der Waals surface area contributed by atoms with E-state index in [0.29, 0.717) is 38.5 Å². The number of hydrogen-bond acceptors (Lipinski definition) is 11. The molecule has 26 heteroatoms. The minimum Gasteiger partial charge on any atom is -0.351 e. The smallest absolute Gasteiger partial charge is 0.351 e. The number of carbonyl (C=O) groups excluding carboxylic acids is 11. The second-order valence-corrected chi connectivity index (χ2v) is 27.9. The number of rotatable bonds is 8. The fraction of sp³-hybridized carbons (Fsp3) is 0.828. The summed E-state index contributed by atoms with van der Waals surface area (Å²) in [5.74, 6) is -9.13. The van der Waals surface area contributed by atoms with Crippen molar-refractivity contribution in [3.63, 3.8) is 0 Å². The summed E-state index contributed by atoms with van der Waals surface area (Å²) in [6.45, 7) is 5.33. The van der Waals surface area contributed by atoms with Crippen LogP contribution in [0.2, 0.25) is 0 Å². The predicted molar refractivity (Wildman–Crippen MR) is 331 cm³/mol. The van der Waals surface area contributed by atoms with Gasteiger partial charge in [-0.2, -0.15) is 13.2 Å². The molecule has 6 fully saturated rings. The number of halogens is 4. The van der Waals surface area contributed by atoms with Gasteiger partial charge < -0.3 is 55.6 Å². The molecule has 0 bridgehead atoms. The van der Waals surface area contributed by atoms with Gasteiger partial charge in [0.2, 0.25) is 65.0 Å². The van der Waals surface area contributed by atoms with Crippen molar-refractivity contribution in [1.82, 2.24) is 55.6 Å². The number of alkyl halides is 4. The lowest BCUT2D eigenvalue weighted by molar-refractivity contribution is -0.182. The molecule has 2 saturated heterocycles. The average molecular weight is 1300 g/mol. The van der Waals surface area contributed by atoms with Crippen molar-refractivity contribution in [1.29, 1.82) is 0 Å². The summed E-state index contributed by atoms with van der Waals surface area (Å²) in [5.41, 5.74) is -1.46. The van der Waals surface area contributed by atoms with E-state index >= 15 is 9.59 Å². The Bertz CT molecular complexity index is 2570. The number of nitrogens with one attached hydrogen (secondary N) is 4. The van der Waals surface area contributed by atoms with Gasteiger partial charge in [-0.25, -0.2) is 0 Å². The Labute approximate surface area is 535 Å². The van der Waals surface area contributed by atoms with E-state index in [2.05, 4.69) is 21.3 Å². The van der Waals surface area contributed by atoms with Crippen molar-refractivity contribution in [2.24, 2.45) is 29.6 Å². The van der Waals surface area contributed by atoms with Crippen LogP contribution in [0.1, 0.15) is 182 Å². The average Bonchev–Trinajstić information content (AvgIpc) is 1.51. The topological polar surface area (TPSA) is 259 Å². The van der Waals surface area contributed by atoms with Gasteiger partial charge in [0.25, 0.3) is 0 Å². The fourth-order valence-electron chi connectivity index (χ4n) is 14.6. The van der Waals surface area contributed by atoms with Crippen LogP contribution in [-0.2, 0) is 52.7 Å². The molecule has 11 amide bonds. The van der Waals surface area contributed by atoms with Crippen molar-refractivity contribution in [3.8, 4) is 0 Å². The highest BCUT2D eigenvalue weighted by Gasteiger charge is 2.51. The first kappa shape index (κ1) is 73.3. The van der Waals surface area contributed by atoms with Crippen molar-refractivity contribution in [2.45, 2.75) is 241 Å². The molecule has 0 aromatic heterocycles. The minimum absolute atomic E-state index is 0.0189. The van der Waals surface area contributed by atoms with Crippen molar-refractivity contribution < 1.29 is 65.9 Å². The normalized spacial score (nSPS) is 31.0. The van der Waals surface area contributed by atoms with E-state index in [4.69, 9.17) is 11.6 Å². The zero-order valence-corrected chi connectivity index (χ0v) is 55.7. The number of fused-ring (bicyclic) bond motifs is 1. The number of hydrogen-bond donors (Lipinski definition) is 4. The number of nitrogens with zero attached hydrogens (tertiary/aromatic N) is 7. The van der Waals surface area contributed by atoms with Crippen LogP contribution in [0.5, 0.6) is 0 Å². The number of likely N-dealkylation sites (N-methyl/N-ethyl adjacent to an activating group) is 6. The fourth-order valence-corrected chi connectivity index (χ4v) is 15.1. The maximum atomic E-state index is 15.2. The van der Waals surface area contributed by atoms with Gasteiger partial charge in [-0.1, -0.05) is 84.5 Å². The molecule has 4 saturated carbocycles. The van der Waals surface area contributed by atoms with Crippen LogP contribution < -0.4 is 21.3 Å². The molecule has 6 aliphatic rings. The molecule has 508 valence electrons. The van der Waals surface area contributed by atoms with Crippen LogP contribution in [0, 0.1) is 29.6 Å². The van der Waals surface area contributed by atoms with Crippen LogP contribution >= 0.6 is 11.6 Å². The summed E-state index contributed by atoms with van der Waals surface area (Å²) < 4.78 is 41.8. The Hall–Kier alpha value is -5.75. The van der Waals surface area contributed by atoms with Gasteiger partial charge in [0.15, 0.2) is 0 Å². The van der Waals surface area contributed by atoms with E-state index < -0.39 is 156 Å². The van der Waals surface area contributed by atoms with E-state index in [1.807, 2.05) is 6.92 Å². The van der Waals surface area contributed by atoms with Crippen LogP contribution in [-0.4, -0.2) is 227 Å². The largest absolute Gasteiger partial charge is 0.393 e. The molecular weight excluding hydrogens is 1190 g/mol. The molecule has 2 aliphatic heterocycles. The zero-order valence-electron chi connectivity index (χ0n) is 54.9. The summed E-state index contributed by atoms with van der Waals surface area (Å²) in [5, 5.41) is 10.5. The lowest BCUT2D eigenvalue weighted by atomic mass is 9.78. The van der Waals surface area contributed by atoms with Crippen LogP contribution in [0.3, 0.4) is 0 Å². The SMILES string of the molecule is CC[C@H](C)[C@@H]1NC(=O)[C@H](C)N(C)C(=O)C[C@@H](C)NC(=O)[C@H](C2CCCCC2)N(C)C(=O)C2(CCCC2)NC(=O)[C@@H]2CCCN2C(=O)[C@H](CCC2CCC(C(F)(F)F)C(Cl)C2)NC(=O)CN(C)C(=O)[C@H](CC2CCCCC2)N(C)C(=O)CN(C)C(=O)CN(C)C1=O. The second kappa shape index (κ2) is 32.7. The molecular formula is C64H103ClF3N11O11. The van der Waals surface area contributed by atoms with Gasteiger partial charge in [0.05, 0.1) is 25.6 Å². The van der Waals surface area contributed by atoms with Gasteiger partial charge in [-0.3, -0.25) is 52.7 Å². The highest BCUT2D eigenvalue weighted by atomic mass is 35.5.